The van der Waals surface area contributed by atoms with Gasteiger partial charge in [0.1, 0.15) is 11.6 Å². The largest absolute Gasteiger partial charge is 0.478 e. The van der Waals surface area contributed by atoms with Gasteiger partial charge in [0.05, 0.1) is 5.56 Å². The second-order valence-corrected chi connectivity index (χ2v) is 5.45. The maximum atomic E-state index is 14.4. The number of halogens is 5. The Kier molecular flexibility index (Phi) is 4.46. The molecule has 2 nitrogen and oxygen atoms in total. The van der Waals surface area contributed by atoms with E-state index in [4.69, 9.17) is 5.11 Å². The Hall–Kier alpha value is -3.22. The van der Waals surface area contributed by atoms with Crippen molar-refractivity contribution in [1.82, 2.24) is 0 Å². The van der Waals surface area contributed by atoms with E-state index in [2.05, 4.69) is 0 Å². The highest BCUT2D eigenvalue weighted by Gasteiger charge is 2.16. The normalized spacial score (nSPS) is 10.8. The third kappa shape index (κ3) is 3.15. The molecule has 3 rings (SSSR count). The molecule has 26 heavy (non-hydrogen) atoms. The maximum absolute atomic E-state index is 14.4. The monoisotopic (exact) mass is 364 g/mol. The molecule has 7 heteroatoms. The van der Waals surface area contributed by atoms with Crippen LogP contribution in [-0.2, 0) is 0 Å². The summed E-state index contributed by atoms with van der Waals surface area (Å²) in [6.45, 7) is 0. The molecule has 0 unspecified atom stereocenters. The fraction of sp³-hybridized carbons (Fsp3) is 0. The van der Waals surface area contributed by atoms with Crippen LogP contribution in [0.15, 0.2) is 48.5 Å². The molecule has 0 aliphatic heterocycles. The van der Waals surface area contributed by atoms with Gasteiger partial charge in [0.25, 0.3) is 0 Å². The van der Waals surface area contributed by atoms with Crippen molar-refractivity contribution < 1.29 is 31.9 Å². The SMILES string of the molecule is O=C(O)c1ccc(-c2ccc(-c3cc(F)c(F)c(F)c3)c(F)c2)c(F)c1. The number of hydrogen-bond acceptors (Lipinski definition) is 1. The van der Waals surface area contributed by atoms with Gasteiger partial charge in [0, 0.05) is 11.1 Å². The standard InChI is InChI=1S/C19H9F5O2/c20-14-5-9(12-4-2-10(19(25)26)6-15(12)21)1-3-13(14)11-7-16(22)18(24)17(23)8-11/h1-8H,(H,25,26). The predicted molar refractivity (Wildman–Crippen MR) is 84.1 cm³/mol. The van der Waals surface area contributed by atoms with Crippen LogP contribution in [0.1, 0.15) is 10.4 Å². The summed E-state index contributed by atoms with van der Waals surface area (Å²) in [5.41, 5.74) is -0.623. The van der Waals surface area contributed by atoms with E-state index >= 15 is 0 Å². The molecule has 0 spiro atoms. The molecule has 0 atom stereocenters. The second kappa shape index (κ2) is 6.59. The first-order chi connectivity index (χ1) is 12.3. The number of carboxylic acids is 1. The molecule has 0 aliphatic carbocycles. The lowest BCUT2D eigenvalue weighted by Gasteiger charge is -2.09. The van der Waals surface area contributed by atoms with Crippen molar-refractivity contribution in [1.29, 1.82) is 0 Å². The van der Waals surface area contributed by atoms with E-state index in [1.54, 1.807) is 0 Å². The van der Waals surface area contributed by atoms with E-state index < -0.39 is 35.1 Å². The number of rotatable bonds is 3. The summed E-state index contributed by atoms with van der Waals surface area (Å²) in [4.78, 5) is 10.8. The van der Waals surface area contributed by atoms with Gasteiger partial charge in [-0.05, 0) is 41.5 Å². The maximum Gasteiger partial charge on any atom is 0.335 e. The highest BCUT2D eigenvalue weighted by molar-refractivity contribution is 5.88. The van der Waals surface area contributed by atoms with Crippen molar-refractivity contribution in [2.24, 2.45) is 0 Å². The first-order valence-electron chi connectivity index (χ1n) is 7.25. The molecular formula is C19H9F5O2. The summed E-state index contributed by atoms with van der Waals surface area (Å²) >= 11 is 0. The number of benzene rings is 3. The Morgan fingerprint density at radius 3 is 1.69 bits per heavy atom. The third-order valence-electron chi connectivity index (χ3n) is 3.79. The van der Waals surface area contributed by atoms with Crippen LogP contribution in [0.25, 0.3) is 22.3 Å². The lowest BCUT2D eigenvalue weighted by molar-refractivity contribution is 0.0696. The van der Waals surface area contributed by atoms with Gasteiger partial charge < -0.3 is 5.11 Å². The molecular weight excluding hydrogens is 355 g/mol. The summed E-state index contributed by atoms with van der Waals surface area (Å²) in [7, 11) is 0. The molecule has 0 saturated heterocycles. The van der Waals surface area contributed by atoms with Crippen LogP contribution in [0, 0.1) is 29.1 Å². The van der Waals surface area contributed by atoms with Crippen molar-refractivity contribution in [2.75, 3.05) is 0 Å². The molecule has 0 fully saturated rings. The Morgan fingerprint density at radius 2 is 1.15 bits per heavy atom. The van der Waals surface area contributed by atoms with Crippen molar-refractivity contribution in [3.63, 3.8) is 0 Å². The molecule has 1 N–H and O–H groups in total. The van der Waals surface area contributed by atoms with Crippen LogP contribution < -0.4 is 0 Å². The zero-order valence-corrected chi connectivity index (χ0v) is 12.9. The summed E-state index contributed by atoms with van der Waals surface area (Å²) in [6, 6.07) is 7.86. The van der Waals surface area contributed by atoms with Gasteiger partial charge in [-0.2, -0.15) is 0 Å². The lowest BCUT2D eigenvalue weighted by atomic mass is 9.98. The highest BCUT2D eigenvalue weighted by atomic mass is 19.2. The highest BCUT2D eigenvalue weighted by Crippen LogP contribution is 2.31. The van der Waals surface area contributed by atoms with Crippen molar-refractivity contribution >= 4 is 5.97 Å². The molecule has 132 valence electrons. The summed E-state index contributed by atoms with van der Waals surface area (Å²) < 4.78 is 68.1. The van der Waals surface area contributed by atoms with Crippen LogP contribution in [0.3, 0.4) is 0 Å². The van der Waals surface area contributed by atoms with Crippen LogP contribution in [0.4, 0.5) is 22.0 Å². The minimum atomic E-state index is -1.66. The molecule has 0 saturated carbocycles. The van der Waals surface area contributed by atoms with Crippen LogP contribution in [-0.4, -0.2) is 11.1 Å². The quantitative estimate of drug-likeness (QED) is 0.498. The van der Waals surface area contributed by atoms with E-state index in [-0.39, 0.29) is 27.8 Å². The Balaban J connectivity index is 2.05. The summed E-state index contributed by atoms with van der Waals surface area (Å²) in [5.74, 6) is -7.66. The zero-order valence-electron chi connectivity index (χ0n) is 12.9. The topological polar surface area (TPSA) is 37.3 Å². The molecule has 3 aromatic rings. The van der Waals surface area contributed by atoms with Crippen molar-refractivity contribution in [2.45, 2.75) is 0 Å². The number of hydrogen-bond donors (Lipinski definition) is 1. The van der Waals surface area contributed by atoms with Crippen LogP contribution in [0.2, 0.25) is 0 Å². The molecule has 0 aliphatic rings. The molecule has 0 heterocycles. The molecule has 0 bridgehead atoms. The Labute approximate surface area is 144 Å². The smallest absolute Gasteiger partial charge is 0.335 e. The minimum absolute atomic E-state index is 0.0445. The van der Waals surface area contributed by atoms with E-state index in [0.717, 1.165) is 18.2 Å². The molecule has 0 aromatic heterocycles. The van der Waals surface area contributed by atoms with E-state index in [1.807, 2.05) is 0 Å². The number of carboxylic acid groups (broad SMARTS) is 1. The van der Waals surface area contributed by atoms with Crippen molar-refractivity contribution in [3.8, 4) is 22.3 Å². The van der Waals surface area contributed by atoms with Gasteiger partial charge in [0.15, 0.2) is 17.5 Å². The summed E-state index contributed by atoms with van der Waals surface area (Å²) in [6.07, 6.45) is 0. The minimum Gasteiger partial charge on any atom is -0.478 e. The van der Waals surface area contributed by atoms with Gasteiger partial charge in [0.2, 0.25) is 0 Å². The first kappa shape index (κ1) is 17.6. The second-order valence-electron chi connectivity index (χ2n) is 5.45. The fourth-order valence-electron chi connectivity index (χ4n) is 2.51. The molecule has 0 amide bonds. The molecule has 0 radical (unpaired) electrons. The average Bonchev–Trinajstić information content (AvgIpc) is 2.59. The van der Waals surface area contributed by atoms with E-state index in [9.17, 15) is 26.7 Å². The van der Waals surface area contributed by atoms with Crippen molar-refractivity contribution in [3.05, 3.63) is 83.2 Å². The third-order valence-corrected chi connectivity index (χ3v) is 3.79. The van der Waals surface area contributed by atoms with E-state index in [1.165, 1.54) is 18.2 Å². The Morgan fingerprint density at radius 1 is 0.654 bits per heavy atom. The lowest BCUT2D eigenvalue weighted by Crippen LogP contribution is -1.98. The van der Waals surface area contributed by atoms with Crippen LogP contribution >= 0.6 is 0 Å². The average molecular weight is 364 g/mol. The fourth-order valence-corrected chi connectivity index (χ4v) is 2.51. The number of carbonyl (C=O) groups is 1. The van der Waals surface area contributed by atoms with E-state index in [0.29, 0.717) is 12.1 Å². The summed E-state index contributed by atoms with van der Waals surface area (Å²) in [5, 5.41) is 8.83. The van der Waals surface area contributed by atoms with Gasteiger partial charge in [-0.15, -0.1) is 0 Å². The number of aromatic carboxylic acids is 1. The van der Waals surface area contributed by atoms with Gasteiger partial charge >= 0.3 is 5.97 Å². The van der Waals surface area contributed by atoms with Crippen LogP contribution in [0.5, 0.6) is 0 Å². The molecule has 3 aromatic carbocycles. The first-order valence-corrected chi connectivity index (χ1v) is 7.25. The Bertz CT molecular complexity index is 1010. The predicted octanol–water partition coefficient (Wildman–Crippen LogP) is 5.41. The van der Waals surface area contributed by atoms with Gasteiger partial charge in [-0.3, -0.25) is 0 Å². The van der Waals surface area contributed by atoms with Gasteiger partial charge in [-0.25, -0.2) is 26.7 Å². The zero-order chi connectivity index (χ0) is 19.0. The van der Waals surface area contributed by atoms with Gasteiger partial charge in [-0.1, -0.05) is 18.2 Å².